The molecule has 0 bridgehead atoms. The average Bonchev–Trinajstić information content (AvgIpc) is 2.19. The minimum absolute atomic E-state index is 0.0922. The Morgan fingerprint density at radius 3 is 2.88 bits per heavy atom. The molecule has 1 aromatic rings. The molecule has 0 aliphatic heterocycles. The Kier molecular flexibility index (Phi) is 4.64. The number of halogens is 1. The minimum Gasteiger partial charge on any atom is -0.309 e. The highest BCUT2D eigenvalue weighted by atomic mass is 79.9. The topological polar surface area (TPSA) is 55.2 Å². The van der Waals surface area contributed by atoms with Crippen LogP contribution in [0.1, 0.15) is 12.5 Å². The predicted molar refractivity (Wildman–Crippen MR) is 67.3 cm³/mol. The number of hydrogen-bond acceptors (Lipinski definition) is 3. The van der Waals surface area contributed by atoms with Crippen molar-refractivity contribution in [2.24, 2.45) is 0 Å². The highest BCUT2D eigenvalue weighted by Crippen LogP contribution is 2.27. The molecule has 0 saturated heterocycles. The maximum atomic E-state index is 10.7. The largest absolute Gasteiger partial charge is 0.309 e. The maximum absolute atomic E-state index is 10.7. The third-order valence-corrected chi connectivity index (χ3v) is 2.91. The summed E-state index contributed by atoms with van der Waals surface area (Å²) in [4.78, 5) is 10.3. The van der Waals surface area contributed by atoms with Crippen molar-refractivity contribution < 1.29 is 4.92 Å². The number of rotatable bonds is 5. The van der Waals surface area contributed by atoms with E-state index in [1.54, 1.807) is 6.07 Å². The van der Waals surface area contributed by atoms with E-state index in [0.29, 0.717) is 17.6 Å². The van der Waals surface area contributed by atoms with Gasteiger partial charge in [0.15, 0.2) is 0 Å². The van der Waals surface area contributed by atoms with Gasteiger partial charge in [0, 0.05) is 19.2 Å². The summed E-state index contributed by atoms with van der Waals surface area (Å²) in [5, 5.41) is 13.9. The van der Waals surface area contributed by atoms with Crippen LogP contribution in [-0.4, -0.2) is 11.5 Å². The normalized spacial score (nSPS) is 10.1. The SMILES string of the molecule is C=C(C)CNCc1cccc([N+](=O)[O-])c1Br. The Bertz CT molecular complexity index is 418. The summed E-state index contributed by atoms with van der Waals surface area (Å²) in [6.07, 6.45) is 0. The fraction of sp³-hybridized carbons (Fsp3) is 0.273. The first-order valence-corrected chi connectivity index (χ1v) is 5.58. The van der Waals surface area contributed by atoms with Crippen molar-refractivity contribution in [3.63, 3.8) is 0 Å². The van der Waals surface area contributed by atoms with E-state index in [0.717, 1.165) is 11.1 Å². The van der Waals surface area contributed by atoms with Gasteiger partial charge in [0.05, 0.1) is 9.40 Å². The molecule has 0 aliphatic rings. The predicted octanol–water partition coefficient (Wildman–Crippen LogP) is 3.02. The summed E-state index contributed by atoms with van der Waals surface area (Å²) >= 11 is 3.24. The van der Waals surface area contributed by atoms with Gasteiger partial charge >= 0.3 is 0 Å². The van der Waals surface area contributed by atoms with Crippen molar-refractivity contribution in [3.05, 3.63) is 50.5 Å². The zero-order valence-electron chi connectivity index (χ0n) is 9.00. The molecule has 0 amide bonds. The summed E-state index contributed by atoms with van der Waals surface area (Å²) in [7, 11) is 0. The molecule has 86 valence electrons. The first kappa shape index (κ1) is 12.9. The molecule has 0 unspecified atom stereocenters. The Balaban J connectivity index is 2.77. The second-order valence-electron chi connectivity index (χ2n) is 3.57. The van der Waals surface area contributed by atoms with Crippen LogP contribution in [0.15, 0.2) is 34.8 Å². The highest BCUT2D eigenvalue weighted by molar-refractivity contribution is 9.10. The van der Waals surface area contributed by atoms with E-state index in [-0.39, 0.29) is 5.69 Å². The van der Waals surface area contributed by atoms with Crippen LogP contribution in [0.5, 0.6) is 0 Å². The van der Waals surface area contributed by atoms with Gasteiger partial charge in [-0.25, -0.2) is 0 Å². The second-order valence-corrected chi connectivity index (χ2v) is 4.36. The van der Waals surface area contributed by atoms with Gasteiger partial charge in [-0.1, -0.05) is 24.3 Å². The van der Waals surface area contributed by atoms with E-state index in [9.17, 15) is 10.1 Å². The van der Waals surface area contributed by atoms with Gasteiger partial charge in [-0.2, -0.15) is 0 Å². The molecule has 0 aromatic heterocycles. The Hall–Kier alpha value is -1.20. The minimum atomic E-state index is -0.396. The molecule has 0 radical (unpaired) electrons. The van der Waals surface area contributed by atoms with Crippen molar-refractivity contribution in [2.75, 3.05) is 6.54 Å². The molecule has 0 atom stereocenters. The van der Waals surface area contributed by atoms with Crippen LogP contribution in [0.4, 0.5) is 5.69 Å². The van der Waals surface area contributed by atoms with Crippen molar-refractivity contribution in [2.45, 2.75) is 13.5 Å². The molecule has 4 nitrogen and oxygen atoms in total. The van der Waals surface area contributed by atoms with Crippen molar-refractivity contribution in [1.29, 1.82) is 0 Å². The molecule has 0 heterocycles. The molecular formula is C11H13BrN2O2. The van der Waals surface area contributed by atoms with Crippen LogP contribution in [0.2, 0.25) is 0 Å². The number of nitro groups is 1. The quantitative estimate of drug-likeness (QED) is 0.514. The lowest BCUT2D eigenvalue weighted by atomic mass is 10.2. The van der Waals surface area contributed by atoms with Gasteiger partial charge in [0.1, 0.15) is 0 Å². The van der Waals surface area contributed by atoms with E-state index in [1.807, 2.05) is 13.0 Å². The van der Waals surface area contributed by atoms with E-state index < -0.39 is 4.92 Å². The first-order chi connectivity index (χ1) is 7.52. The van der Waals surface area contributed by atoms with Crippen LogP contribution in [0.25, 0.3) is 0 Å². The zero-order chi connectivity index (χ0) is 12.1. The molecule has 1 N–H and O–H groups in total. The number of nitrogens with one attached hydrogen (secondary N) is 1. The van der Waals surface area contributed by atoms with Gasteiger partial charge in [-0.05, 0) is 28.4 Å². The van der Waals surface area contributed by atoms with E-state index >= 15 is 0 Å². The van der Waals surface area contributed by atoms with Gasteiger partial charge in [0.2, 0.25) is 0 Å². The summed E-state index contributed by atoms with van der Waals surface area (Å²) in [6.45, 7) is 6.98. The molecule has 0 fully saturated rings. The molecule has 0 saturated carbocycles. The van der Waals surface area contributed by atoms with Crippen LogP contribution in [0, 0.1) is 10.1 Å². The van der Waals surface area contributed by atoms with E-state index in [2.05, 4.69) is 27.8 Å². The molecule has 1 rings (SSSR count). The van der Waals surface area contributed by atoms with Crippen LogP contribution >= 0.6 is 15.9 Å². The fourth-order valence-electron chi connectivity index (χ4n) is 1.25. The third-order valence-electron chi connectivity index (χ3n) is 2.00. The molecule has 16 heavy (non-hydrogen) atoms. The average molecular weight is 285 g/mol. The monoisotopic (exact) mass is 284 g/mol. The maximum Gasteiger partial charge on any atom is 0.283 e. The Labute approximate surface area is 103 Å². The summed E-state index contributed by atoms with van der Waals surface area (Å²) in [5.41, 5.74) is 1.99. The number of hydrogen-bond donors (Lipinski definition) is 1. The van der Waals surface area contributed by atoms with E-state index in [1.165, 1.54) is 6.07 Å². The molecule has 0 aliphatic carbocycles. The lowest BCUT2D eigenvalue weighted by molar-refractivity contribution is -0.385. The lowest BCUT2D eigenvalue weighted by Gasteiger charge is -2.06. The Morgan fingerprint density at radius 2 is 2.31 bits per heavy atom. The fourth-order valence-corrected chi connectivity index (χ4v) is 1.80. The molecule has 5 heteroatoms. The number of benzene rings is 1. The molecular weight excluding hydrogens is 272 g/mol. The van der Waals surface area contributed by atoms with Gasteiger partial charge in [-0.15, -0.1) is 0 Å². The number of nitro benzene ring substituents is 1. The lowest BCUT2D eigenvalue weighted by Crippen LogP contribution is -2.15. The van der Waals surface area contributed by atoms with Gasteiger partial charge < -0.3 is 5.32 Å². The van der Waals surface area contributed by atoms with Gasteiger partial charge in [0.25, 0.3) is 5.69 Å². The van der Waals surface area contributed by atoms with Crippen LogP contribution < -0.4 is 5.32 Å². The van der Waals surface area contributed by atoms with Gasteiger partial charge in [-0.3, -0.25) is 10.1 Å². The third kappa shape index (κ3) is 3.43. The zero-order valence-corrected chi connectivity index (χ0v) is 10.6. The van der Waals surface area contributed by atoms with Crippen molar-refractivity contribution in [3.8, 4) is 0 Å². The highest BCUT2D eigenvalue weighted by Gasteiger charge is 2.13. The van der Waals surface area contributed by atoms with Crippen molar-refractivity contribution >= 4 is 21.6 Å². The van der Waals surface area contributed by atoms with E-state index in [4.69, 9.17) is 0 Å². The van der Waals surface area contributed by atoms with Crippen LogP contribution in [-0.2, 0) is 6.54 Å². The molecule has 0 spiro atoms. The first-order valence-electron chi connectivity index (χ1n) is 4.79. The summed E-state index contributed by atoms with van der Waals surface area (Å²) in [5.74, 6) is 0. The summed E-state index contributed by atoms with van der Waals surface area (Å²) in [6, 6.07) is 5.01. The molecule has 1 aromatic carbocycles. The number of nitrogens with zero attached hydrogens (tertiary/aromatic N) is 1. The second kappa shape index (κ2) is 5.77. The smallest absolute Gasteiger partial charge is 0.283 e. The standard InChI is InChI=1S/C11H13BrN2O2/c1-8(2)6-13-7-9-4-3-5-10(11(9)12)14(15)16/h3-5,13H,1,6-7H2,2H3. The Morgan fingerprint density at radius 1 is 1.62 bits per heavy atom. The van der Waals surface area contributed by atoms with Crippen LogP contribution in [0.3, 0.4) is 0 Å². The van der Waals surface area contributed by atoms with Crippen molar-refractivity contribution in [1.82, 2.24) is 5.32 Å². The summed E-state index contributed by atoms with van der Waals surface area (Å²) < 4.78 is 0.536.